The zero-order valence-electron chi connectivity index (χ0n) is 8.27. The summed E-state index contributed by atoms with van der Waals surface area (Å²) in [4.78, 5) is 0. The minimum Gasteiger partial charge on any atom is -0.295 e. The molecule has 1 aliphatic carbocycles. The first-order valence-electron chi connectivity index (χ1n) is 4.99. The van der Waals surface area contributed by atoms with E-state index < -0.39 is 0 Å². The Morgan fingerprint density at radius 1 is 1.33 bits per heavy atom. The Balaban J connectivity index is 2.18. The van der Waals surface area contributed by atoms with Crippen LogP contribution in [0.3, 0.4) is 0 Å². The van der Waals surface area contributed by atoms with Crippen molar-refractivity contribution < 1.29 is 0 Å². The third-order valence-electron chi connectivity index (χ3n) is 2.46. The molecule has 3 heteroatoms. The maximum atomic E-state index is 9.02. The Morgan fingerprint density at radius 3 is 2.73 bits per heavy atom. The highest BCUT2D eigenvalue weighted by molar-refractivity contribution is 5.36. The molecule has 1 atom stereocenters. The average Bonchev–Trinajstić information content (AvgIpc) is 3.10. The fraction of sp³-hybridized carbons (Fsp3) is 0.333. The maximum Gasteiger partial charge on any atom is 0.121 e. The molecule has 0 aromatic heterocycles. The molecule has 1 aromatic rings. The second-order valence-electron chi connectivity index (χ2n) is 3.74. The maximum absolute atomic E-state index is 9.02. The Bertz CT molecular complexity index is 435. The van der Waals surface area contributed by atoms with Gasteiger partial charge in [-0.3, -0.25) is 5.32 Å². The fourth-order valence-corrected chi connectivity index (χ4v) is 1.48. The number of hydrogen-bond donors (Lipinski definition) is 1. The molecule has 1 aliphatic rings. The summed E-state index contributed by atoms with van der Waals surface area (Å²) in [5.74, 6) is 0. The van der Waals surface area contributed by atoms with E-state index in [9.17, 15) is 0 Å². The Labute approximate surface area is 89.0 Å². The predicted octanol–water partition coefficient (Wildman–Crippen LogP) is 1.87. The molecule has 0 spiro atoms. The molecule has 0 bridgehead atoms. The monoisotopic (exact) mass is 197 g/mol. The molecule has 15 heavy (non-hydrogen) atoms. The zero-order chi connectivity index (χ0) is 10.7. The first-order chi connectivity index (χ1) is 7.33. The standard InChI is InChI=1S/C12H11N3/c13-7-9-2-1-3-10(6-9)12(8-14)15-11-4-5-11/h1-3,6,11-12,15H,4-5H2. The van der Waals surface area contributed by atoms with Crippen LogP contribution in [0.5, 0.6) is 0 Å². The van der Waals surface area contributed by atoms with Crippen LogP contribution in [0.1, 0.15) is 30.0 Å². The predicted molar refractivity (Wildman–Crippen MR) is 55.7 cm³/mol. The molecule has 1 N–H and O–H groups in total. The minimum absolute atomic E-state index is 0.286. The number of hydrogen-bond acceptors (Lipinski definition) is 3. The Hall–Kier alpha value is -1.84. The lowest BCUT2D eigenvalue weighted by atomic mass is 10.1. The molecule has 0 heterocycles. The van der Waals surface area contributed by atoms with Gasteiger partial charge < -0.3 is 0 Å². The van der Waals surface area contributed by atoms with Crippen LogP contribution in [0.25, 0.3) is 0 Å². The van der Waals surface area contributed by atoms with E-state index in [0.717, 1.165) is 18.4 Å². The molecule has 2 rings (SSSR count). The largest absolute Gasteiger partial charge is 0.295 e. The third-order valence-corrected chi connectivity index (χ3v) is 2.46. The van der Waals surface area contributed by atoms with E-state index in [1.165, 1.54) is 0 Å². The molecular formula is C12H11N3. The van der Waals surface area contributed by atoms with Crippen LogP contribution >= 0.6 is 0 Å². The molecule has 1 fully saturated rings. The van der Waals surface area contributed by atoms with E-state index in [-0.39, 0.29) is 6.04 Å². The van der Waals surface area contributed by atoms with E-state index in [1.807, 2.05) is 12.1 Å². The molecule has 0 radical (unpaired) electrons. The average molecular weight is 197 g/mol. The van der Waals surface area contributed by atoms with Gasteiger partial charge in [0, 0.05) is 6.04 Å². The zero-order valence-corrected chi connectivity index (χ0v) is 8.27. The van der Waals surface area contributed by atoms with Crippen LogP contribution in [0.15, 0.2) is 24.3 Å². The number of rotatable bonds is 3. The summed E-state index contributed by atoms with van der Waals surface area (Å²) in [6, 6.07) is 11.7. The first kappa shape index (κ1) is 9.71. The van der Waals surface area contributed by atoms with Crippen molar-refractivity contribution in [3.63, 3.8) is 0 Å². The van der Waals surface area contributed by atoms with Crippen LogP contribution in [0.4, 0.5) is 0 Å². The summed E-state index contributed by atoms with van der Waals surface area (Å²) < 4.78 is 0. The lowest BCUT2D eigenvalue weighted by Crippen LogP contribution is -2.21. The van der Waals surface area contributed by atoms with Crippen molar-refractivity contribution >= 4 is 0 Å². The van der Waals surface area contributed by atoms with Crippen molar-refractivity contribution in [2.45, 2.75) is 24.9 Å². The number of nitrogens with zero attached hydrogens (tertiary/aromatic N) is 2. The van der Waals surface area contributed by atoms with Crippen LogP contribution in [0.2, 0.25) is 0 Å². The summed E-state index contributed by atoms with van der Waals surface area (Å²) in [5, 5.41) is 21.0. The Kier molecular flexibility index (Phi) is 2.67. The molecule has 1 aromatic carbocycles. The number of benzene rings is 1. The van der Waals surface area contributed by atoms with Gasteiger partial charge in [-0.2, -0.15) is 10.5 Å². The molecule has 1 unspecified atom stereocenters. The van der Waals surface area contributed by atoms with Crippen molar-refractivity contribution in [1.29, 1.82) is 10.5 Å². The van der Waals surface area contributed by atoms with E-state index in [2.05, 4.69) is 17.5 Å². The summed E-state index contributed by atoms with van der Waals surface area (Å²) in [6.07, 6.45) is 2.30. The minimum atomic E-state index is -0.286. The highest BCUT2D eigenvalue weighted by Crippen LogP contribution is 2.24. The van der Waals surface area contributed by atoms with Gasteiger partial charge in [-0.25, -0.2) is 0 Å². The van der Waals surface area contributed by atoms with Crippen molar-refractivity contribution in [2.75, 3.05) is 0 Å². The molecule has 74 valence electrons. The highest BCUT2D eigenvalue weighted by Gasteiger charge is 2.25. The summed E-state index contributed by atoms with van der Waals surface area (Å²) in [7, 11) is 0. The van der Waals surface area contributed by atoms with Gasteiger partial charge in [0.25, 0.3) is 0 Å². The lowest BCUT2D eigenvalue weighted by molar-refractivity contribution is 0.626. The molecule has 3 nitrogen and oxygen atoms in total. The first-order valence-corrected chi connectivity index (χ1v) is 4.99. The van der Waals surface area contributed by atoms with Crippen LogP contribution < -0.4 is 5.32 Å². The van der Waals surface area contributed by atoms with Gasteiger partial charge in [-0.05, 0) is 30.5 Å². The van der Waals surface area contributed by atoms with Gasteiger partial charge >= 0.3 is 0 Å². The van der Waals surface area contributed by atoms with E-state index >= 15 is 0 Å². The van der Waals surface area contributed by atoms with Crippen LogP contribution in [-0.2, 0) is 0 Å². The molecule has 0 amide bonds. The second-order valence-corrected chi connectivity index (χ2v) is 3.74. The van der Waals surface area contributed by atoms with E-state index in [0.29, 0.717) is 11.6 Å². The van der Waals surface area contributed by atoms with Gasteiger partial charge in [-0.15, -0.1) is 0 Å². The van der Waals surface area contributed by atoms with Gasteiger partial charge in [-0.1, -0.05) is 12.1 Å². The van der Waals surface area contributed by atoms with Crippen molar-refractivity contribution in [3.05, 3.63) is 35.4 Å². The lowest BCUT2D eigenvalue weighted by Gasteiger charge is -2.10. The van der Waals surface area contributed by atoms with E-state index in [1.54, 1.807) is 12.1 Å². The molecular weight excluding hydrogens is 186 g/mol. The topological polar surface area (TPSA) is 59.6 Å². The smallest absolute Gasteiger partial charge is 0.121 e. The second kappa shape index (κ2) is 4.13. The van der Waals surface area contributed by atoms with Gasteiger partial charge in [0.1, 0.15) is 6.04 Å². The quantitative estimate of drug-likeness (QED) is 0.804. The highest BCUT2D eigenvalue weighted by atomic mass is 15.0. The molecule has 0 saturated heterocycles. The molecule has 1 saturated carbocycles. The van der Waals surface area contributed by atoms with Gasteiger partial charge in [0.15, 0.2) is 0 Å². The number of nitriles is 2. The van der Waals surface area contributed by atoms with Crippen molar-refractivity contribution in [3.8, 4) is 12.1 Å². The normalized spacial score (nSPS) is 16.4. The fourth-order valence-electron chi connectivity index (χ4n) is 1.48. The third kappa shape index (κ3) is 2.34. The number of nitrogens with one attached hydrogen (secondary N) is 1. The summed E-state index contributed by atoms with van der Waals surface area (Å²) in [5.41, 5.74) is 1.48. The van der Waals surface area contributed by atoms with E-state index in [4.69, 9.17) is 10.5 Å². The van der Waals surface area contributed by atoms with Gasteiger partial charge in [0.05, 0.1) is 17.7 Å². The van der Waals surface area contributed by atoms with Crippen LogP contribution in [0, 0.1) is 22.7 Å². The van der Waals surface area contributed by atoms with Crippen LogP contribution in [-0.4, -0.2) is 6.04 Å². The van der Waals surface area contributed by atoms with Gasteiger partial charge in [0.2, 0.25) is 0 Å². The van der Waals surface area contributed by atoms with Crippen molar-refractivity contribution in [1.82, 2.24) is 5.32 Å². The van der Waals surface area contributed by atoms with Crippen molar-refractivity contribution in [2.24, 2.45) is 0 Å². The summed E-state index contributed by atoms with van der Waals surface area (Å²) >= 11 is 0. The summed E-state index contributed by atoms with van der Waals surface area (Å²) in [6.45, 7) is 0. The molecule has 0 aliphatic heterocycles. The Morgan fingerprint density at radius 2 is 2.13 bits per heavy atom. The SMILES string of the molecule is N#Cc1cccc(C(C#N)NC2CC2)c1.